The molecule has 2 heterocycles. The van der Waals surface area contributed by atoms with Gasteiger partial charge in [0.1, 0.15) is 22.8 Å². The summed E-state index contributed by atoms with van der Waals surface area (Å²) in [5, 5.41) is 44.8. The summed E-state index contributed by atoms with van der Waals surface area (Å²) < 4.78 is 5.40. The van der Waals surface area contributed by atoms with Crippen LogP contribution >= 0.6 is 0 Å². The number of benzene rings is 1. The molecule has 0 aromatic heterocycles. The number of Topliss-reactive ketones (excluding diaryl/α,β-unsaturated/α-hetero) is 2. The fourth-order valence-corrected chi connectivity index (χ4v) is 6.76. The number of nitrogens with two attached hydrogens (primary N) is 1. The summed E-state index contributed by atoms with van der Waals surface area (Å²) >= 11 is 0. The lowest BCUT2D eigenvalue weighted by Crippen LogP contribution is -2.67. The zero-order valence-corrected chi connectivity index (χ0v) is 20.1. The van der Waals surface area contributed by atoms with E-state index in [9.17, 15) is 34.8 Å². The third-order valence-electron chi connectivity index (χ3n) is 8.66. The number of carbonyl (C=O) groups excluding carboxylic acids is 3. The third-order valence-corrected chi connectivity index (χ3v) is 8.66. The minimum absolute atomic E-state index is 0.0834. The van der Waals surface area contributed by atoms with Gasteiger partial charge in [-0.15, -0.1) is 0 Å². The van der Waals surface area contributed by atoms with Crippen LogP contribution in [0.1, 0.15) is 24.0 Å². The largest absolute Gasteiger partial charge is 0.508 e. The van der Waals surface area contributed by atoms with Gasteiger partial charge in [-0.1, -0.05) is 0 Å². The van der Waals surface area contributed by atoms with Gasteiger partial charge in [-0.05, 0) is 42.9 Å². The Kier molecular flexibility index (Phi) is 5.38. The second kappa shape index (κ2) is 8.30. The van der Waals surface area contributed by atoms with Gasteiger partial charge >= 0.3 is 0 Å². The van der Waals surface area contributed by atoms with Crippen molar-refractivity contribution in [1.82, 2.24) is 4.90 Å². The molecule has 11 nitrogen and oxygen atoms in total. The summed E-state index contributed by atoms with van der Waals surface area (Å²) in [5.41, 5.74) is 3.55. The first-order chi connectivity index (χ1) is 17.7. The van der Waals surface area contributed by atoms with Crippen LogP contribution in [-0.2, 0) is 25.5 Å². The minimum atomic E-state index is -2.64. The van der Waals surface area contributed by atoms with Gasteiger partial charge in [0, 0.05) is 43.4 Å². The molecule has 3 aliphatic carbocycles. The van der Waals surface area contributed by atoms with Crippen LogP contribution in [0.4, 0.5) is 5.69 Å². The molecule has 2 saturated heterocycles. The normalized spacial score (nSPS) is 32.0. The minimum Gasteiger partial charge on any atom is -0.508 e. The number of amides is 1. The van der Waals surface area contributed by atoms with E-state index in [-0.39, 0.29) is 23.3 Å². The first-order valence-corrected chi connectivity index (χ1v) is 12.6. The van der Waals surface area contributed by atoms with Crippen LogP contribution in [0.5, 0.6) is 5.75 Å². The molecule has 5 aliphatic rings. The molecule has 1 amide bonds. The monoisotopic (exact) mass is 511 g/mol. The number of hydrogen-bond acceptors (Lipinski definition) is 10. The van der Waals surface area contributed by atoms with Crippen LogP contribution in [0.2, 0.25) is 0 Å². The molecule has 4 unspecified atom stereocenters. The molecule has 1 saturated carbocycles. The molecule has 4 atom stereocenters. The molecule has 6 N–H and O–H groups in total. The molecule has 0 radical (unpaired) electrons. The van der Waals surface area contributed by atoms with Crippen molar-refractivity contribution in [1.29, 1.82) is 0 Å². The number of rotatable bonds is 3. The highest BCUT2D eigenvalue weighted by Gasteiger charge is 2.64. The Hall–Kier alpha value is -3.41. The highest BCUT2D eigenvalue weighted by molar-refractivity contribution is 6.24. The van der Waals surface area contributed by atoms with E-state index in [1.54, 1.807) is 11.0 Å². The van der Waals surface area contributed by atoms with Crippen molar-refractivity contribution in [3.63, 3.8) is 0 Å². The zero-order chi connectivity index (χ0) is 26.2. The topological polar surface area (TPSA) is 174 Å². The summed E-state index contributed by atoms with van der Waals surface area (Å²) in [6, 6.07) is 2.17. The summed E-state index contributed by atoms with van der Waals surface area (Å²) in [6.07, 6.45) is 1.40. The van der Waals surface area contributed by atoms with Crippen molar-refractivity contribution in [3.8, 4) is 5.75 Å². The fourth-order valence-electron chi connectivity index (χ4n) is 6.76. The lowest BCUT2D eigenvalue weighted by atomic mass is 9.57. The lowest BCUT2D eigenvalue weighted by Gasteiger charge is -2.51. The number of fused-ring (bicyclic) bond motifs is 3. The lowest BCUT2D eigenvalue weighted by molar-refractivity contribution is -0.157. The van der Waals surface area contributed by atoms with Gasteiger partial charge in [0.25, 0.3) is 5.91 Å². The second-order valence-electron chi connectivity index (χ2n) is 10.4. The molecule has 1 aromatic rings. The van der Waals surface area contributed by atoms with Crippen LogP contribution < -0.4 is 10.6 Å². The third kappa shape index (κ3) is 3.20. The summed E-state index contributed by atoms with van der Waals surface area (Å²) in [4.78, 5) is 43.6. The van der Waals surface area contributed by atoms with E-state index >= 15 is 0 Å². The average molecular weight is 512 g/mol. The van der Waals surface area contributed by atoms with Crippen molar-refractivity contribution in [2.24, 2.45) is 17.6 Å². The Morgan fingerprint density at radius 1 is 1.08 bits per heavy atom. The summed E-state index contributed by atoms with van der Waals surface area (Å²) in [5.74, 6) is -6.37. The Bertz CT molecular complexity index is 1290. The number of morpholine rings is 1. The number of ketones is 2. The van der Waals surface area contributed by atoms with Gasteiger partial charge in [0.05, 0.1) is 24.8 Å². The second-order valence-corrected chi connectivity index (χ2v) is 10.4. The van der Waals surface area contributed by atoms with Gasteiger partial charge < -0.3 is 35.8 Å². The Balaban J connectivity index is 1.53. The van der Waals surface area contributed by atoms with Gasteiger partial charge in [-0.25, -0.2) is 0 Å². The number of hydrogen-bond donors (Lipinski definition) is 5. The van der Waals surface area contributed by atoms with Gasteiger partial charge in [-0.2, -0.15) is 0 Å². The van der Waals surface area contributed by atoms with Crippen LogP contribution in [-0.4, -0.2) is 93.8 Å². The molecule has 37 heavy (non-hydrogen) atoms. The standard InChI is InChI=1S/C26H29N3O8/c27-25(35)19-22(32)20(29-6-8-37-9-7-29)14-11-12-10-13-15(28-4-1-5-28)2-3-16(30)18(13)21(31)17(12)23(33)26(14,36)24(19)34/h2-3,12,14,20,30-31,34,36H,1,4-11H2,(H2,27,35). The number of primary amides is 1. The molecule has 11 heteroatoms. The van der Waals surface area contributed by atoms with E-state index in [0.717, 1.165) is 25.2 Å². The quantitative estimate of drug-likeness (QED) is 0.346. The molecule has 2 aliphatic heterocycles. The predicted molar refractivity (Wildman–Crippen MR) is 130 cm³/mol. The number of ether oxygens (including phenoxy) is 1. The molecule has 0 spiro atoms. The molecule has 0 bridgehead atoms. The van der Waals surface area contributed by atoms with Crippen molar-refractivity contribution in [2.75, 3.05) is 44.3 Å². The molecule has 196 valence electrons. The maximum Gasteiger partial charge on any atom is 0.255 e. The van der Waals surface area contributed by atoms with E-state index < -0.39 is 58.0 Å². The highest BCUT2D eigenvalue weighted by Crippen LogP contribution is 2.54. The smallest absolute Gasteiger partial charge is 0.255 e. The number of carbonyl (C=O) groups is 3. The zero-order valence-electron chi connectivity index (χ0n) is 20.1. The van der Waals surface area contributed by atoms with E-state index in [0.29, 0.717) is 38.3 Å². The Morgan fingerprint density at radius 2 is 1.78 bits per heavy atom. The molecule has 3 fully saturated rings. The van der Waals surface area contributed by atoms with E-state index in [1.165, 1.54) is 6.07 Å². The number of phenols is 1. The number of aromatic hydroxyl groups is 1. The van der Waals surface area contributed by atoms with Crippen LogP contribution in [0.15, 0.2) is 29.0 Å². The van der Waals surface area contributed by atoms with Crippen LogP contribution in [0.3, 0.4) is 0 Å². The summed E-state index contributed by atoms with van der Waals surface area (Å²) in [6.45, 7) is 2.99. The van der Waals surface area contributed by atoms with E-state index in [4.69, 9.17) is 10.5 Å². The number of aliphatic hydroxyl groups excluding tert-OH is 2. The van der Waals surface area contributed by atoms with E-state index in [1.807, 2.05) is 0 Å². The van der Waals surface area contributed by atoms with Gasteiger partial charge in [0.2, 0.25) is 5.78 Å². The van der Waals surface area contributed by atoms with Crippen molar-refractivity contribution in [3.05, 3.63) is 40.2 Å². The maximum absolute atomic E-state index is 14.0. The first-order valence-electron chi connectivity index (χ1n) is 12.6. The average Bonchev–Trinajstić information content (AvgIpc) is 2.82. The van der Waals surface area contributed by atoms with E-state index in [2.05, 4.69) is 4.90 Å². The fraction of sp³-hybridized carbons (Fsp3) is 0.500. The van der Waals surface area contributed by atoms with Crippen molar-refractivity contribution < 1.29 is 39.5 Å². The Labute approximate surface area is 212 Å². The van der Waals surface area contributed by atoms with Gasteiger partial charge in [0.15, 0.2) is 11.4 Å². The molecular formula is C26H29N3O8. The number of aliphatic hydroxyl groups is 3. The maximum atomic E-state index is 14.0. The summed E-state index contributed by atoms with van der Waals surface area (Å²) in [7, 11) is 0. The Morgan fingerprint density at radius 3 is 2.41 bits per heavy atom. The van der Waals surface area contributed by atoms with Crippen LogP contribution in [0, 0.1) is 11.8 Å². The van der Waals surface area contributed by atoms with Crippen molar-refractivity contribution >= 4 is 28.9 Å². The van der Waals surface area contributed by atoms with Crippen LogP contribution in [0.25, 0.3) is 5.76 Å². The first kappa shape index (κ1) is 24.0. The van der Waals surface area contributed by atoms with Gasteiger partial charge in [-0.3, -0.25) is 19.3 Å². The number of phenolic OH excluding ortho intramolecular Hbond substituents is 1. The molecule has 1 aromatic carbocycles. The van der Waals surface area contributed by atoms with Crippen molar-refractivity contribution in [2.45, 2.75) is 30.9 Å². The highest BCUT2D eigenvalue weighted by atomic mass is 16.5. The SMILES string of the molecule is NC(=O)C1=C(O)C2(O)C(=O)C3=C(O)c4c(O)ccc(N5CCC5)c4CC3CC2C(N2CCOCC2)C1=O. The number of nitrogens with zero attached hydrogens (tertiary/aromatic N) is 2. The predicted octanol–water partition coefficient (Wildman–Crippen LogP) is -0.0553. The number of anilines is 1. The molecular weight excluding hydrogens is 482 g/mol. The molecule has 6 rings (SSSR count).